The molecule has 3 heteroatoms. The van der Waals surface area contributed by atoms with E-state index in [1.165, 1.54) is 13.3 Å². The van der Waals surface area contributed by atoms with Crippen LogP contribution in [0.5, 0.6) is 0 Å². The van der Waals surface area contributed by atoms with Crippen molar-refractivity contribution in [2.24, 2.45) is 23.7 Å². The number of halogens is 2. The van der Waals surface area contributed by atoms with Crippen molar-refractivity contribution in [3.63, 3.8) is 0 Å². The van der Waals surface area contributed by atoms with Crippen LogP contribution in [0, 0.1) is 23.7 Å². The molecule has 0 saturated heterocycles. The first-order valence-electron chi connectivity index (χ1n) is 7.45. The smallest absolute Gasteiger partial charge is 0.317 e. The van der Waals surface area contributed by atoms with Gasteiger partial charge in [0.1, 0.15) is 0 Å². The van der Waals surface area contributed by atoms with Crippen molar-refractivity contribution in [2.45, 2.75) is 59.5 Å². The van der Waals surface area contributed by atoms with Crippen LogP contribution in [0.1, 0.15) is 53.4 Å². The maximum absolute atomic E-state index is 13.4. The zero-order chi connectivity index (χ0) is 14.6. The van der Waals surface area contributed by atoms with Crippen molar-refractivity contribution < 1.29 is 13.5 Å². The molecular formula is C16H28F2O. The van der Waals surface area contributed by atoms with Gasteiger partial charge in [-0.25, -0.2) is 0 Å². The lowest BCUT2D eigenvalue weighted by atomic mass is 9.80. The molecule has 1 saturated carbocycles. The fourth-order valence-electron chi connectivity index (χ4n) is 3.39. The quantitative estimate of drug-likeness (QED) is 0.490. The number of ether oxygens (including phenoxy) is 1. The molecule has 1 nitrogen and oxygen atoms in total. The third kappa shape index (κ3) is 4.55. The predicted molar refractivity (Wildman–Crippen MR) is 75.2 cm³/mol. The summed E-state index contributed by atoms with van der Waals surface area (Å²) in [7, 11) is 0. The van der Waals surface area contributed by atoms with Crippen molar-refractivity contribution in [1.29, 1.82) is 0 Å². The van der Waals surface area contributed by atoms with Crippen molar-refractivity contribution in [2.75, 3.05) is 6.61 Å². The van der Waals surface area contributed by atoms with Gasteiger partial charge in [0.2, 0.25) is 0 Å². The summed E-state index contributed by atoms with van der Waals surface area (Å²) in [4.78, 5) is 0. The van der Waals surface area contributed by atoms with Gasteiger partial charge in [-0.05, 0) is 43.4 Å². The van der Waals surface area contributed by atoms with Crippen LogP contribution in [0.25, 0.3) is 0 Å². The summed E-state index contributed by atoms with van der Waals surface area (Å²) in [6, 6.07) is 0. The Labute approximate surface area is 116 Å². The molecule has 1 aliphatic carbocycles. The molecule has 0 amide bonds. The van der Waals surface area contributed by atoms with Gasteiger partial charge in [0.15, 0.2) is 0 Å². The Hall–Kier alpha value is -0.440. The predicted octanol–water partition coefficient (Wildman–Crippen LogP) is 5.27. The molecule has 0 radical (unpaired) electrons. The molecule has 1 rings (SSSR count). The van der Waals surface area contributed by atoms with E-state index in [-0.39, 0.29) is 18.1 Å². The Morgan fingerprint density at radius 3 is 2.42 bits per heavy atom. The van der Waals surface area contributed by atoms with E-state index in [4.69, 9.17) is 4.74 Å². The van der Waals surface area contributed by atoms with Gasteiger partial charge in [-0.2, -0.15) is 8.78 Å². The molecule has 0 spiro atoms. The van der Waals surface area contributed by atoms with Crippen molar-refractivity contribution in [1.82, 2.24) is 0 Å². The molecule has 0 bridgehead atoms. The van der Waals surface area contributed by atoms with E-state index < -0.39 is 6.11 Å². The second-order valence-corrected chi connectivity index (χ2v) is 6.31. The third-order valence-corrected chi connectivity index (χ3v) is 4.67. The second-order valence-electron chi connectivity index (χ2n) is 6.31. The van der Waals surface area contributed by atoms with Crippen LogP contribution < -0.4 is 0 Å². The molecule has 1 fully saturated rings. The van der Waals surface area contributed by atoms with E-state index in [0.29, 0.717) is 17.8 Å². The van der Waals surface area contributed by atoms with Gasteiger partial charge in [0.05, 0.1) is 6.61 Å². The van der Waals surface area contributed by atoms with Crippen LogP contribution in [0.4, 0.5) is 8.78 Å². The first-order chi connectivity index (χ1) is 8.77. The Kier molecular flexibility index (Phi) is 5.97. The fourth-order valence-corrected chi connectivity index (χ4v) is 3.39. The largest absolute Gasteiger partial charge is 0.378 e. The number of hydrogen-bond donors (Lipinski definition) is 0. The maximum atomic E-state index is 13.4. The Morgan fingerprint density at radius 1 is 1.26 bits per heavy atom. The molecule has 0 aliphatic heterocycles. The van der Waals surface area contributed by atoms with E-state index in [0.717, 1.165) is 19.3 Å². The molecular weight excluding hydrogens is 246 g/mol. The first-order valence-corrected chi connectivity index (χ1v) is 7.45. The van der Waals surface area contributed by atoms with E-state index in [2.05, 4.69) is 27.4 Å². The third-order valence-electron chi connectivity index (χ3n) is 4.67. The van der Waals surface area contributed by atoms with Crippen LogP contribution in [-0.2, 0) is 4.74 Å². The average Bonchev–Trinajstić information content (AvgIpc) is 2.45. The van der Waals surface area contributed by atoms with E-state index >= 15 is 0 Å². The first kappa shape index (κ1) is 16.6. The maximum Gasteiger partial charge on any atom is 0.378 e. The van der Waals surface area contributed by atoms with Crippen LogP contribution in [-0.4, -0.2) is 12.7 Å². The van der Waals surface area contributed by atoms with E-state index in [1.54, 1.807) is 0 Å². The normalized spacial score (nSPS) is 32.9. The molecule has 0 aromatic heterocycles. The summed E-state index contributed by atoms with van der Waals surface area (Å²) in [6.45, 7) is 11.5. The summed E-state index contributed by atoms with van der Waals surface area (Å²) in [5, 5.41) is 0. The molecule has 0 N–H and O–H groups in total. The average molecular weight is 274 g/mol. The SMILES string of the molecule is C=C(C)C(F)(F)OC[C@H]1CCC(C)C(CC)C(C)C1. The highest BCUT2D eigenvalue weighted by atomic mass is 19.3. The van der Waals surface area contributed by atoms with Gasteiger partial charge in [0, 0.05) is 5.57 Å². The van der Waals surface area contributed by atoms with Crippen LogP contribution in [0.3, 0.4) is 0 Å². The lowest BCUT2D eigenvalue weighted by Gasteiger charge is -2.26. The van der Waals surface area contributed by atoms with Crippen LogP contribution >= 0.6 is 0 Å². The molecule has 112 valence electrons. The molecule has 0 aromatic carbocycles. The second kappa shape index (κ2) is 6.83. The Morgan fingerprint density at radius 2 is 1.89 bits per heavy atom. The van der Waals surface area contributed by atoms with Crippen molar-refractivity contribution >= 4 is 0 Å². The van der Waals surface area contributed by atoms with Crippen molar-refractivity contribution in [3.8, 4) is 0 Å². The number of hydrogen-bond acceptors (Lipinski definition) is 1. The van der Waals surface area contributed by atoms with E-state index in [9.17, 15) is 8.78 Å². The molecule has 1 aliphatic rings. The summed E-state index contributed by atoms with van der Waals surface area (Å²) in [6.07, 6.45) is 1.11. The van der Waals surface area contributed by atoms with Crippen molar-refractivity contribution in [3.05, 3.63) is 12.2 Å². The topological polar surface area (TPSA) is 9.23 Å². The highest BCUT2D eigenvalue weighted by Crippen LogP contribution is 2.38. The van der Waals surface area contributed by atoms with Gasteiger partial charge in [-0.15, -0.1) is 0 Å². The summed E-state index contributed by atoms with van der Waals surface area (Å²) >= 11 is 0. The van der Waals surface area contributed by atoms with Gasteiger partial charge in [-0.1, -0.05) is 40.2 Å². The molecule has 0 aromatic rings. The zero-order valence-electron chi connectivity index (χ0n) is 12.7. The number of rotatable bonds is 5. The van der Waals surface area contributed by atoms with Gasteiger partial charge < -0.3 is 4.74 Å². The molecule has 4 atom stereocenters. The summed E-state index contributed by atoms with van der Waals surface area (Å²) in [5.74, 6) is 2.24. The van der Waals surface area contributed by atoms with Crippen LogP contribution in [0.2, 0.25) is 0 Å². The lowest BCUT2D eigenvalue weighted by Crippen LogP contribution is -2.26. The van der Waals surface area contributed by atoms with Gasteiger partial charge >= 0.3 is 6.11 Å². The zero-order valence-corrected chi connectivity index (χ0v) is 12.7. The van der Waals surface area contributed by atoms with Gasteiger partial charge in [0.25, 0.3) is 0 Å². The van der Waals surface area contributed by atoms with E-state index in [1.807, 2.05) is 0 Å². The minimum atomic E-state index is -3.18. The molecule has 0 heterocycles. The summed E-state index contributed by atoms with van der Waals surface area (Å²) in [5.41, 5.74) is -0.214. The van der Waals surface area contributed by atoms with Crippen LogP contribution in [0.15, 0.2) is 12.2 Å². The highest BCUT2D eigenvalue weighted by molar-refractivity contribution is 4.97. The fraction of sp³-hybridized carbons (Fsp3) is 0.875. The Balaban J connectivity index is 2.54. The standard InChI is InChI=1S/C16H28F2O/c1-6-15-12(4)7-8-14(9-13(15)5)10-19-16(17,18)11(2)3/h12-15H,2,6-10H2,1,3-5H3/t12?,13?,14-,15?/m0/s1. The molecule has 3 unspecified atom stereocenters. The highest BCUT2D eigenvalue weighted by Gasteiger charge is 2.34. The lowest BCUT2D eigenvalue weighted by molar-refractivity contribution is -0.216. The minimum absolute atomic E-state index is 0.146. The number of alkyl halides is 2. The Bertz CT molecular complexity index is 301. The monoisotopic (exact) mass is 274 g/mol. The minimum Gasteiger partial charge on any atom is -0.317 e. The van der Waals surface area contributed by atoms with Gasteiger partial charge in [-0.3, -0.25) is 0 Å². The summed E-state index contributed by atoms with van der Waals surface area (Å²) < 4.78 is 31.6. The molecule has 19 heavy (non-hydrogen) atoms.